The molecule has 1 unspecified atom stereocenters. The smallest absolute Gasteiger partial charge is 0.308 e. The fourth-order valence-electron chi connectivity index (χ4n) is 9.56. The number of thiophene rings is 1. The van der Waals surface area contributed by atoms with Gasteiger partial charge in [0, 0.05) is 37.4 Å². The lowest BCUT2D eigenvalue weighted by molar-refractivity contribution is -0.150. The first-order chi connectivity index (χ1) is 34.1. The lowest BCUT2D eigenvalue weighted by atomic mass is 9.94. The van der Waals surface area contributed by atoms with Gasteiger partial charge in [-0.1, -0.05) is 169 Å². The summed E-state index contributed by atoms with van der Waals surface area (Å²) in [5.41, 5.74) is 1.44. The first-order valence-electron chi connectivity index (χ1n) is 29.0. The molecule has 2 rings (SSSR count). The van der Waals surface area contributed by atoms with Gasteiger partial charge in [-0.15, -0.1) is 11.3 Å². The van der Waals surface area contributed by atoms with Crippen LogP contribution in [0.25, 0.3) is 0 Å². The molecule has 0 aromatic carbocycles. The molecule has 0 spiro atoms. The molecule has 12 heteroatoms. The van der Waals surface area contributed by atoms with Crippen molar-refractivity contribution in [3.63, 3.8) is 0 Å². The molecule has 3 amide bonds. The summed E-state index contributed by atoms with van der Waals surface area (Å²) in [7, 11) is 3.92. The van der Waals surface area contributed by atoms with Gasteiger partial charge in [0.05, 0.1) is 37.2 Å². The molecule has 2 heterocycles. The van der Waals surface area contributed by atoms with Crippen molar-refractivity contribution in [2.45, 2.75) is 259 Å². The molecular weight excluding hydrogens is 897 g/mol. The van der Waals surface area contributed by atoms with Crippen LogP contribution in [0, 0.1) is 11.8 Å². The van der Waals surface area contributed by atoms with Gasteiger partial charge in [-0.2, -0.15) is 0 Å². The quantitative estimate of drug-likeness (QED) is 0.0487. The van der Waals surface area contributed by atoms with Crippen LogP contribution in [0.1, 0.15) is 267 Å². The van der Waals surface area contributed by atoms with Gasteiger partial charge in [0.2, 0.25) is 11.8 Å². The van der Waals surface area contributed by atoms with E-state index in [1.165, 1.54) is 120 Å². The largest absolute Gasteiger partial charge is 0.465 e. The Morgan fingerprint density at radius 1 is 0.571 bits per heavy atom. The Bertz CT molecular complexity index is 1530. The maximum absolute atomic E-state index is 13.7. The van der Waals surface area contributed by atoms with Gasteiger partial charge in [-0.3, -0.25) is 24.0 Å². The number of carbonyl (C=O) groups excluding carboxylic acids is 5. The molecule has 1 aliphatic heterocycles. The predicted octanol–water partition coefficient (Wildman–Crippen LogP) is 14.5. The van der Waals surface area contributed by atoms with Gasteiger partial charge in [0.15, 0.2) is 0 Å². The number of hydrogen-bond acceptors (Lipinski definition) is 9. The maximum atomic E-state index is 13.7. The Hall–Kier alpha value is -2.99. The predicted molar refractivity (Wildman–Crippen MR) is 292 cm³/mol. The number of anilines is 1. The van der Waals surface area contributed by atoms with E-state index in [1.807, 2.05) is 23.9 Å². The van der Waals surface area contributed by atoms with Gasteiger partial charge < -0.3 is 29.9 Å². The Balaban J connectivity index is 1.87. The fraction of sp³-hybridized carbons (Fsp3) is 0.845. The first-order valence-corrected chi connectivity index (χ1v) is 29.9. The van der Waals surface area contributed by atoms with Crippen molar-refractivity contribution < 1.29 is 33.4 Å². The molecule has 0 aliphatic carbocycles. The van der Waals surface area contributed by atoms with E-state index in [9.17, 15) is 24.0 Å². The van der Waals surface area contributed by atoms with Crippen molar-refractivity contribution in [3.8, 4) is 0 Å². The summed E-state index contributed by atoms with van der Waals surface area (Å²) < 4.78 is 11.6. The Labute approximate surface area is 431 Å². The number of unbranched alkanes of at least 4 members (excludes halogenated alkanes) is 22. The molecule has 0 radical (unpaired) electrons. The van der Waals surface area contributed by atoms with E-state index < -0.39 is 0 Å². The molecule has 0 saturated heterocycles. The molecule has 1 atom stereocenters. The van der Waals surface area contributed by atoms with Gasteiger partial charge >= 0.3 is 11.9 Å². The highest BCUT2D eigenvalue weighted by Gasteiger charge is 2.30. The average molecular weight is 1000 g/mol. The first kappa shape index (κ1) is 63.1. The van der Waals surface area contributed by atoms with Gasteiger partial charge in [-0.25, -0.2) is 0 Å². The van der Waals surface area contributed by atoms with Crippen LogP contribution in [0.3, 0.4) is 0 Å². The van der Waals surface area contributed by atoms with Crippen molar-refractivity contribution in [1.82, 2.24) is 15.1 Å². The van der Waals surface area contributed by atoms with Gasteiger partial charge in [0.25, 0.3) is 5.91 Å². The van der Waals surface area contributed by atoms with Crippen LogP contribution in [0.4, 0.5) is 5.00 Å². The van der Waals surface area contributed by atoms with E-state index in [0.717, 1.165) is 93.9 Å². The Morgan fingerprint density at radius 3 is 1.47 bits per heavy atom. The number of rotatable bonds is 45. The number of carbonyl (C=O) groups is 5. The minimum atomic E-state index is -0.201. The molecule has 404 valence electrons. The summed E-state index contributed by atoms with van der Waals surface area (Å²) in [4.78, 5) is 71.6. The minimum Gasteiger partial charge on any atom is -0.465 e. The highest BCUT2D eigenvalue weighted by Crippen LogP contribution is 2.38. The van der Waals surface area contributed by atoms with Crippen LogP contribution in [-0.2, 0) is 41.6 Å². The fourth-order valence-corrected chi connectivity index (χ4v) is 10.8. The lowest BCUT2D eigenvalue weighted by Gasteiger charge is -2.27. The van der Waals surface area contributed by atoms with Crippen LogP contribution in [0.15, 0.2) is 0 Å². The zero-order chi connectivity index (χ0) is 51.0. The van der Waals surface area contributed by atoms with E-state index in [0.29, 0.717) is 82.1 Å². The maximum Gasteiger partial charge on any atom is 0.308 e. The zero-order valence-corrected chi connectivity index (χ0v) is 46.6. The summed E-state index contributed by atoms with van der Waals surface area (Å²) in [5, 5.41) is 6.67. The van der Waals surface area contributed by atoms with E-state index in [4.69, 9.17) is 9.47 Å². The third-order valence-corrected chi connectivity index (χ3v) is 15.2. The summed E-state index contributed by atoms with van der Waals surface area (Å²) in [5.74, 6) is -0.378. The van der Waals surface area contributed by atoms with E-state index in [2.05, 4.69) is 38.3 Å². The van der Waals surface area contributed by atoms with Crippen molar-refractivity contribution in [2.75, 3.05) is 52.3 Å². The van der Waals surface area contributed by atoms with Crippen LogP contribution in [0.2, 0.25) is 0 Å². The molecule has 0 bridgehead atoms. The van der Waals surface area contributed by atoms with E-state index >= 15 is 0 Å². The second kappa shape index (κ2) is 41.5. The molecule has 11 nitrogen and oxygen atoms in total. The Morgan fingerprint density at radius 2 is 1.00 bits per heavy atom. The summed E-state index contributed by atoms with van der Waals surface area (Å²) in [6.45, 7) is 11.8. The number of esters is 2. The van der Waals surface area contributed by atoms with Crippen LogP contribution in [0.5, 0.6) is 0 Å². The second-order valence-corrected chi connectivity index (χ2v) is 21.9. The third-order valence-electron chi connectivity index (χ3n) is 14.1. The number of nitrogens with one attached hydrogen (secondary N) is 2. The average Bonchev–Trinajstić information content (AvgIpc) is 3.70. The number of likely N-dealkylation sites (N-methyl/N-ethyl adjacent to an activating group) is 1. The number of amides is 3. The summed E-state index contributed by atoms with van der Waals surface area (Å²) in [6.07, 6.45) is 35.9. The van der Waals surface area contributed by atoms with Crippen molar-refractivity contribution in [3.05, 3.63) is 16.0 Å². The molecule has 2 N–H and O–H groups in total. The number of fused-ring (bicyclic) bond motifs is 1. The number of hydrogen-bond donors (Lipinski definition) is 2. The molecule has 70 heavy (non-hydrogen) atoms. The van der Waals surface area contributed by atoms with Crippen LogP contribution < -0.4 is 10.6 Å². The second-order valence-electron chi connectivity index (χ2n) is 20.7. The molecule has 1 aromatic heterocycles. The standard InChI is InChI=1S/C58H104N4O7S/c1-7-11-15-19-22-28-36-48(35-27-18-14-10-4)57(66)68-45-33-25-31-39-52(63)60-56-54(55(65)59-42-44-61(5)6)50-41-43-62(47-51(50)70-56)53(64)40-32-26-34-46-69-58(67)49(37-29-23-20-16-12-8-2)38-30-24-21-17-13-9-3/h48-49H,7-47H2,1-6H3,(H,59,65)(H,60,63). The topological polar surface area (TPSA) is 134 Å². The summed E-state index contributed by atoms with van der Waals surface area (Å²) >= 11 is 1.41. The third kappa shape index (κ3) is 28.9. The summed E-state index contributed by atoms with van der Waals surface area (Å²) in [6, 6.07) is 0. The molecule has 1 aliphatic rings. The van der Waals surface area contributed by atoms with Crippen molar-refractivity contribution in [2.24, 2.45) is 11.8 Å². The molecular formula is C58H104N4O7S. The molecule has 0 fully saturated rings. The zero-order valence-electron chi connectivity index (χ0n) is 45.8. The van der Waals surface area contributed by atoms with Crippen LogP contribution in [-0.4, -0.2) is 86.4 Å². The monoisotopic (exact) mass is 1000 g/mol. The van der Waals surface area contributed by atoms with E-state index in [-0.39, 0.29) is 41.5 Å². The lowest BCUT2D eigenvalue weighted by Crippen LogP contribution is -2.36. The van der Waals surface area contributed by atoms with Crippen molar-refractivity contribution >= 4 is 46.0 Å². The normalized spacial score (nSPS) is 12.9. The Kier molecular flexibility index (Phi) is 37.4. The number of ether oxygens (including phenoxy) is 2. The van der Waals surface area contributed by atoms with Gasteiger partial charge in [-0.05, 0) is 90.3 Å². The van der Waals surface area contributed by atoms with Crippen molar-refractivity contribution in [1.29, 1.82) is 0 Å². The molecule has 1 aromatic rings. The highest BCUT2D eigenvalue weighted by molar-refractivity contribution is 7.17. The molecule has 0 saturated carbocycles. The SMILES string of the molecule is CCCCCCCCC(CCCCCC)C(=O)OCCCCCC(=O)Nc1sc2c(c1C(=O)NCCN(C)C)CCN(C(=O)CCCCCOC(=O)C(CCCCCCCC)CCCCCCCC)C2. The highest BCUT2D eigenvalue weighted by atomic mass is 32.1. The van der Waals surface area contributed by atoms with Gasteiger partial charge in [0.1, 0.15) is 5.00 Å². The van der Waals surface area contributed by atoms with E-state index in [1.54, 1.807) is 0 Å². The van der Waals surface area contributed by atoms with Crippen LogP contribution >= 0.6 is 11.3 Å². The minimum absolute atomic E-state index is 0.00425. The number of nitrogens with zero attached hydrogens (tertiary/aromatic N) is 2.